The Kier molecular flexibility index (Phi) is 6.01. The molecule has 4 rings (SSSR count). The Hall–Kier alpha value is -3.23. The molecule has 0 bridgehead atoms. The molecule has 0 aliphatic carbocycles. The first-order valence-corrected chi connectivity index (χ1v) is 10.4. The highest BCUT2D eigenvalue weighted by atomic mass is 79.9. The normalized spacial score (nSPS) is 18.0. The molecule has 3 aromatic rings. The molecule has 1 heterocycles. The lowest BCUT2D eigenvalue weighted by Gasteiger charge is -2.44. The lowest BCUT2D eigenvalue weighted by Crippen LogP contribution is -2.44. The Morgan fingerprint density at radius 3 is 2.45 bits per heavy atom. The van der Waals surface area contributed by atoms with E-state index in [0.717, 1.165) is 26.9 Å². The zero-order valence-corrected chi connectivity index (χ0v) is 18.3. The number of halogens is 1. The average molecular weight is 482 g/mol. The van der Waals surface area contributed by atoms with Crippen molar-refractivity contribution in [2.75, 3.05) is 19.0 Å². The van der Waals surface area contributed by atoms with Crippen LogP contribution in [0.4, 0.5) is 11.4 Å². The van der Waals surface area contributed by atoms with E-state index >= 15 is 0 Å². The first-order valence-electron chi connectivity index (χ1n) is 9.66. The zero-order valence-electron chi connectivity index (χ0n) is 16.7. The first kappa shape index (κ1) is 21.0. The molecular weight excluding hydrogens is 462 g/mol. The number of anilines is 1. The molecular formula is C23H20BrN3O4. The standard InChI is InChI=1S/C23H20BrN3O4/c1-31-21(28)14-26-22(15-5-3-2-4-6-15)19-13-17(24)9-12-20(19)25-23(26)16-7-10-18(11-8-16)27(29)30/h2-13,22-23,25H,14H2,1H3/t22-,23-/m0/s1. The van der Waals surface area contributed by atoms with E-state index in [1.165, 1.54) is 19.2 Å². The van der Waals surface area contributed by atoms with Crippen molar-refractivity contribution in [2.45, 2.75) is 12.2 Å². The molecule has 0 saturated heterocycles. The minimum absolute atomic E-state index is 0.0167. The summed E-state index contributed by atoms with van der Waals surface area (Å²) in [5.74, 6) is -0.368. The largest absolute Gasteiger partial charge is 0.468 e. The van der Waals surface area contributed by atoms with E-state index in [2.05, 4.69) is 21.2 Å². The van der Waals surface area contributed by atoms with Gasteiger partial charge in [-0.25, -0.2) is 0 Å². The highest BCUT2D eigenvalue weighted by Gasteiger charge is 2.37. The third-order valence-corrected chi connectivity index (χ3v) is 5.83. The number of nitro groups is 1. The van der Waals surface area contributed by atoms with Gasteiger partial charge < -0.3 is 10.1 Å². The van der Waals surface area contributed by atoms with Gasteiger partial charge in [-0.05, 0) is 47.0 Å². The molecule has 0 unspecified atom stereocenters. The number of nitro benzene ring substituents is 1. The van der Waals surface area contributed by atoms with E-state index in [-0.39, 0.29) is 24.2 Å². The predicted molar refractivity (Wildman–Crippen MR) is 121 cm³/mol. The van der Waals surface area contributed by atoms with Crippen molar-refractivity contribution in [1.29, 1.82) is 0 Å². The number of nitrogens with one attached hydrogen (secondary N) is 1. The minimum atomic E-state index is -0.427. The summed E-state index contributed by atoms with van der Waals surface area (Å²) >= 11 is 3.55. The van der Waals surface area contributed by atoms with Crippen LogP contribution in [0.15, 0.2) is 77.3 Å². The topological polar surface area (TPSA) is 84.7 Å². The summed E-state index contributed by atoms with van der Waals surface area (Å²) in [4.78, 5) is 25.0. The number of esters is 1. The van der Waals surface area contributed by atoms with Gasteiger partial charge >= 0.3 is 5.97 Å². The van der Waals surface area contributed by atoms with Crippen molar-refractivity contribution >= 4 is 33.3 Å². The van der Waals surface area contributed by atoms with Crippen LogP contribution in [0.2, 0.25) is 0 Å². The summed E-state index contributed by atoms with van der Waals surface area (Å²) < 4.78 is 5.91. The smallest absolute Gasteiger partial charge is 0.319 e. The van der Waals surface area contributed by atoms with Crippen molar-refractivity contribution in [3.05, 3.63) is 104 Å². The van der Waals surface area contributed by atoms with Gasteiger partial charge in [0.15, 0.2) is 0 Å². The van der Waals surface area contributed by atoms with Crippen LogP contribution in [0.5, 0.6) is 0 Å². The van der Waals surface area contributed by atoms with Crippen LogP contribution in [0, 0.1) is 10.1 Å². The van der Waals surface area contributed by atoms with Crippen LogP contribution >= 0.6 is 15.9 Å². The molecule has 0 amide bonds. The van der Waals surface area contributed by atoms with Gasteiger partial charge in [-0.2, -0.15) is 0 Å². The number of benzene rings is 3. The number of rotatable bonds is 5. The molecule has 1 aliphatic rings. The van der Waals surface area contributed by atoms with Crippen LogP contribution in [0.1, 0.15) is 28.9 Å². The van der Waals surface area contributed by atoms with E-state index in [1.807, 2.05) is 53.4 Å². The van der Waals surface area contributed by atoms with Gasteiger partial charge in [0, 0.05) is 22.3 Å². The fourth-order valence-electron chi connectivity index (χ4n) is 3.90. The number of carbonyl (C=O) groups is 1. The van der Waals surface area contributed by atoms with Crippen molar-refractivity contribution in [2.24, 2.45) is 0 Å². The van der Waals surface area contributed by atoms with E-state index < -0.39 is 11.1 Å². The summed E-state index contributed by atoms with van der Waals surface area (Å²) in [6, 6.07) is 22.1. The van der Waals surface area contributed by atoms with Crippen LogP contribution < -0.4 is 5.32 Å². The highest BCUT2D eigenvalue weighted by Crippen LogP contribution is 2.44. The second-order valence-corrected chi connectivity index (χ2v) is 8.10. The molecule has 0 radical (unpaired) electrons. The molecule has 8 heteroatoms. The van der Waals surface area contributed by atoms with Crippen molar-refractivity contribution in [3.8, 4) is 0 Å². The summed E-state index contributed by atoms with van der Waals surface area (Å²) in [6.07, 6.45) is -0.390. The van der Waals surface area contributed by atoms with Gasteiger partial charge in [0.25, 0.3) is 5.69 Å². The minimum Gasteiger partial charge on any atom is -0.468 e. The van der Waals surface area contributed by atoms with Crippen LogP contribution in [0.25, 0.3) is 0 Å². The highest BCUT2D eigenvalue weighted by molar-refractivity contribution is 9.10. The molecule has 0 spiro atoms. The molecule has 0 aromatic heterocycles. The summed E-state index contributed by atoms with van der Waals surface area (Å²) in [7, 11) is 1.36. The van der Waals surface area contributed by atoms with Crippen molar-refractivity contribution in [1.82, 2.24) is 4.90 Å². The fourth-order valence-corrected chi connectivity index (χ4v) is 4.28. The van der Waals surface area contributed by atoms with Gasteiger partial charge in [-0.3, -0.25) is 19.8 Å². The van der Waals surface area contributed by atoms with Gasteiger partial charge in [0.1, 0.15) is 6.17 Å². The second-order valence-electron chi connectivity index (χ2n) is 7.19. The SMILES string of the molecule is COC(=O)CN1[C@@H](c2ccccc2)c2cc(Br)ccc2N[C@@H]1c1ccc([N+](=O)[O-])cc1. The number of hydrogen-bond acceptors (Lipinski definition) is 6. The Labute approximate surface area is 187 Å². The molecule has 0 fully saturated rings. The lowest BCUT2D eigenvalue weighted by atomic mass is 9.91. The molecule has 158 valence electrons. The number of nitrogens with zero attached hydrogens (tertiary/aromatic N) is 2. The van der Waals surface area contributed by atoms with Crippen LogP contribution in [0.3, 0.4) is 0 Å². The third-order valence-electron chi connectivity index (χ3n) is 5.34. The molecule has 3 aromatic carbocycles. The number of fused-ring (bicyclic) bond motifs is 1. The quantitative estimate of drug-likeness (QED) is 0.312. The lowest BCUT2D eigenvalue weighted by molar-refractivity contribution is -0.384. The van der Waals surface area contributed by atoms with Gasteiger partial charge in [0.05, 0.1) is 24.6 Å². The van der Waals surface area contributed by atoms with Crippen molar-refractivity contribution in [3.63, 3.8) is 0 Å². The number of ether oxygens (including phenoxy) is 1. The maximum atomic E-state index is 12.4. The Morgan fingerprint density at radius 1 is 1.10 bits per heavy atom. The van der Waals surface area contributed by atoms with Crippen LogP contribution in [-0.4, -0.2) is 29.4 Å². The molecule has 1 N–H and O–H groups in total. The van der Waals surface area contributed by atoms with Crippen molar-refractivity contribution < 1.29 is 14.5 Å². The van der Waals surface area contributed by atoms with Gasteiger partial charge in [-0.15, -0.1) is 0 Å². The predicted octanol–water partition coefficient (Wildman–Crippen LogP) is 5.05. The number of carbonyl (C=O) groups excluding carboxylic acids is 1. The molecule has 31 heavy (non-hydrogen) atoms. The zero-order chi connectivity index (χ0) is 22.0. The molecule has 2 atom stereocenters. The average Bonchev–Trinajstić information content (AvgIpc) is 2.79. The van der Waals surface area contributed by atoms with Gasteiger partial charge in [0.2, 0.25) is 0 Å². The summed E-state index contributed by atoms with van der Waals surface area (Å²) in [6.45, 7) is 0.0384. The number of non-ortho nitro benzene ring substituents is 1. The Bertz CT molecular complexity index is 1110. The Balaban J connectivity index is 1.86. The van der Waals surface area contributed by atoms with E-state index in [4.69, 9.17) is 4.74 Å². The first-order chi connectivity index (χ1) is 15.0. The third kappa shape index (κ3) is 4.30. The number of hydrogen-bond donors (Lipinski definition) is 1. The monoisotopic (exact) mass is 481 g/mol. The number of methoxy groups -OCH3 is 1. The van der Waals surface area contributed by atoms with E-state index in [1.54, 1.807) is 12.1 Å². The maximum absolute atomic E-state index is 12.4. The Morgan fingerprint density at radius 2 is 1.81 bits per heavy atom. The maximum Gasteiger partial charge on any atom is 0.319 e. The molecule has 7 nitrogen and oxygen atoms in total. The van der Waals surface area contributed by atoms with E-state index in [0.29, 0.717) is 0 Å². The van der Waals surface area contributed by atoms with Gasteiger partial charge in [-0.1, -0.05) is 46.3 Å². The molecule has 0 saturated carbocycles. The van der Waals surface area contributed by atoms with E-state index in [9.17, 15) is 14.9 Å². The molecule has 1 aliphatic heterocycles. The summed E-state index contributed by atoms with van der Waals surface area (Å²) in [5.41, 5.74) is 3.80. The fraction of sp³-hybridized carbons (Fsp3) is 0.174. The second kappa shape index (κ2) is 8.87. The summed E-state index contributed by atoms with van der Waals surface area (Å²) in [5, 5.41) is 14.6. The van der Waals surface area contributed by atoms with Crippen LogP contribution in [-0.2, 0) is 9.53 Å².